The van der Waals surface area contributed by atoms with E-state index < -0.39 is 0 Å². The summed E-state index contributed by atoms with van der Waals surface area (Å²) in [6.07, 6.45) is 2.38. The predicted molar refractivity (Wildman–Crippen MR) is 77.4 cm³/mol. The van der Waals surface area contributed by atoms with Gasteiger partial charge < -0.3 is 15.4 Å². The minimum Gasteiger partial charge on any atom is -0.462 e. The summed E-state index contributed by atoms with van der Waals surface area (Å²) in [4.78, 5) is 14.1. The van der Waals surface area contributed by atoms with Crippen molar-refractivity contribution in [2.75, 3.05) is 30.3 Å². The molecule has 104 valence electrons. The molecule has 1 fully saturated rings. The van der Waals surface area contributed by atoms with Crippen LogP contribution in [0.2, 0.25) is 0 Å². The smallest absolute Gasteiger partial charge is 0.340 e. The number of carbonyl (C=O) groups excluding carboxylic acids is 1. The van der Waals surface area contributed by atoms with E-state index in [1.54, 1.807) is 13.0 Å². The summed E-state index contributed by atoms with van der Waals surface area (Å²) in [5, 5.41) is 0. The molecule has 1 aliphatic heterocycles. The van der Waals surface area contributed by atoms with E-state index in [9.17, 15) is 4.79 Å². The number of esters is 1. The fourth-order valence-electron chi connectivity index (χ4n) is 2.60. The van der Waals surface area contributed by atoms with Crippen molar-refractivity contribution >= 4 is 17.3 Å². The third-order valence-corrected chi connectivity index (χ3v) is 3.78. The van der Waals surface area contributed by atoms with Crippen LogP contribution in [0, 0.1) is 5.92 Å². The zero-order chi connectivity index (χ0) is 13.8. The molecule has 0 spiro atoms. The number of benzene rings is 1. The maximum Gasteiger partial charge on any atom is 0.340 e. The van der Waals surface area contributed by atoms with E-state index in [2.05, 4.69) is 11.8 Å². The number of nitrogen functional groups attached to an aromatic ring is 1. The van der Waals surface area contributed by atoms with Gasteiger partial charge in [0.25, 0.3) is 0 Å². The zero-order valence-electron chi connectivity index (χ0n) is 11.7. The summed E-state index contributed by atoms with van der Waals surface area (Å²) in [7, 11) is 0. The van der Waals surface area contributed by atoms with Crippen molar-refractivity contribution in [2.45, 2.75) is 26.7 Å². The first-order valence-electron chi connectivity index (χ1n) is 6.97. The highest BCUT2D eigenvalue weighted by Crippen LogP contribution is 2.32. The van der Waals surface area contributed by atoms with Crippen LogP contribution in [0.1, 0.15) is 37.0 Å². The molecule has 0 bridgehead atoms. The van der Waals surface area contributed by atoms with Crippen molar-refractivity contribution < 1.29 is 9.53 Å². The van der Waals surface area contributed by atoms with Crippen molar-refractivity contribution in [1.29, 1.82) is 0 Å². The molecule has 0 radical (unpaired) electrons. The third-order valence-electron chi connectivity index (χ3n) is 3.78. The summed E-state index contributed by atoms with van der Waals surface area (Å²) >= 11 is 0. The Morgan fingerprint density at radius 1 is 1.47 bits per heavy atom. The molecule has 1 saturated heterocycles. The third kappa shape index (κ3) is 2.83. The van der Waals surface area contributed by atoms with Crippen molar-refractivity contribution in [3.05, 3.63) is 23.8 Å². The molecular weight excluding hydrogens is 240 g/mol. The second kappa shape index (κ2) is 5.95. The van der Waals surface area contributed by atoms with Gasteiger partial charge in [0.2, 0.25) is 0 Å². The van der Waals surface area contributed by atoms with Crippen LogP contribution in [-0.4, -0.2) is 25.7 Å². The Balaban J connectivity index is 2.23. The van der Waals surface area contributed by atoms with Gasteiger partial charge in [-0.1, -0.05) is 19.4 Å². The Hall–Kier alpha value is -1.71. The molecule has 1 atom stereocenters. The standard InChI is InChI=1S/C15H22N2O2/c1-3-11-8-9-17(10-11)13-7-5-6-12(14(13)16)15(18)19-4-2/h5-7,11H,3-4,8-10,16H2,1-2H3. The van der Waals surface area contributed by atoms with Crippen molar-refractivity contribution in [2.24, 2.45) is 5.92 Å². The van der Waals surface area contributed by atoms with Crippen LogP contribution in [0.4, 0.5) is 11.4 Å². The van der Waals surface area contributed by atoms with Gasteiger partial charge in [-0.25, -0.2) is 4.79 Å². The van der Waals surface area contributed by atoms with Gasteiger partial charge in [-0.05, 0) is 31.4 Å². The zero-order valence-corrected chi connectivity index (χ0v) is 11.7. The number of ether oxygens (including phenoxy) is 1. The second-order valence-electron chi connectivity index (χ2n) is 4.97. The summed E-state index contributed by atoms with van der Waals surface area (Å²) in [5.41, 5.74) is 8.11. The van der Waals surface area contributed by atoms with E-state index in [4.69, 9.17) is 10.5 Å². The second-order valence-corrected chi connectivity index (χ2v) is 4.97. The number of nitrogens with zero attached hydrogens (tertiary/aromatic N) is 1. The van der Waals surface area contributed by atoms with Crippen LogP contribution in [0.3, 0.4) is 0 Å². The minimum absolute atomic E-state index is 0.340. The van der Waals surface area contributed by atoms with Gasteiger partial charge in [0.1, 0.15) is 0 Å². The topological polar surface area (TPSA) is 55.6 Å². The van der Waals surface area contributed by atoms with Crippen LogP contribution in [-0.2, 0) is 4.74 Å². The van der Waals surface area contributed by atoms with Gasteiger partial charge in [-0.2, -0.15) is 0 Å². The molecule has 1 unspecified atom stereocenters. The predicted octanol–water partition coefficient (Wildman–Crippen LogP) is 2.68. The first-order valence-corrected chi connectivity index (χ1v) is 6.97. The summed E-state index contributed by atoms with van der Waals surface area (Å²) in [6.45, 7) is 6.41. The molecule has 1 heterocycles. The van der Waals surface area contributed by atoms with Crippen LogP contribution in [0.25, 0.3) is 0 Å². The first kappa shape index (κ1) is 13.7. The number of para-hydroxylation sites is 1. The first-order chi connectivity index (χ1) is 9.17. The molecule has 1 aromatic rings. The maximum atomic E-state index is 11.8. The quantitative estimate of drug-likeness (QED) is 0.669. The normalized spacial score (nSPS) is 18.6. The Kier molecular flexibility index (Phi) is 4.30. The molecule has 1 aliphatic rings. The minimum atomic E-state index is -0.340. The lowest BCUT2D eigenvalue weighted by Gasteiger charge is -2.21. The Bertz CT molecular complexity index is 459. The van der Waals surface area contributed by atoms with Crippen LogP contribution in [0.15, 0.2) is 18.2 Å². The van der Waals surface area contributed by atoms with Crippen molar-refractivity contribution in [3.63, 3.8) is 0 Å². The van der Waals surface area contributed by atoms with Gasteiger partial charge in [0.15, 0.2) is 0 Å². The molecule has 1 aromatic carbocycles. The highest BCUT2D eigenvalue weighted by atomic mass is 16.5. The summed E-state index contributed by atoms with van der Waals surface area (Å²) in [6, 6.07) is 5.58. The summed E-state index contributed by atoms with van der Waals surface area (Å²) < 4.78 is 5.03. The molecule has 0 aromatic heterocycles. The average molecular weight is 262 g/mol. The Morgan fingerprint density at radius 3 is 2.89 bits per heavy atom. The SMILES string of the molecule is CCOC(=O)c1cccc(N2CCC(CC)C2)c1N. The fraction of sp³-hybridized carbons (Fsp3) is 0.533. The number of rotatable bonds is 4. The highest BCUT2D eigenvalue weighted by molar-refractivity contribution is 5.98. The monoisotopic (exact) mass is 262 g/mol. The molecule has 2 rings (SSSR count). The van der Waals surface area contributed by atoms with Gasteiger partial charge in [-0.15, -0.1) is 0 Å². The molecule has 0 amide bonds. The van der Waals surface area contributed by atoms with Gasteiger partial charge >= 0.3 is 5.97 Å². The lowest BCUT2D eigenvalue weighted by Crippen LogP contribution is -2.22. The molecule has 4 heteroatoms. The van der Waals surface area contributed by atoms with E-state index in [1.165, 1.54) is 12.8 Å². The van der Waals surface area contributed by atoms with E-state index in [1.807, 2.05) is 12.1 Å². The van der Waals surface area contributed by atoms with Crippen molar-refractivity contribution in [1.82, 2.24) is 0 Å². The van der Waals surface area contributed by atoms with Gasteiger partial charge in [-0.3, -0.25) is 0 Å². The lowest BCUT2D eigenvalue weighted by molar-refractivity contribution is 0.0527. The average Bonchev–Trinajstić information content (AvgIpc) is 2.88. The van der Waals surface area contributed by atoms with Gasteiger partial charge in [0, 0.05) is 13.1 Å². The molecule has 0 saturated carbocycles. The largest absolute Gasteiger partial charge is 0.462 e. The molecule has 2 N–H and O–H groups in total. The van der Waals surface area contributed by atoms with Crippen LogP contribution in [0.5, 0.6) is 0 Å². The van der Waals surface area contributed by atoms with E-state index in [-0.39, 0.29) is 5.97 Å². The molecular formula is C15H22N2O2. The molecule has 4 nitrogen and oxygen atoms in total. The van der Waals surface area contributed by atoms with Gasteiger partial charge in [0.05, 0.1) is 23.5 Å². The number of nitrogens with two attached hydrogens (primary N) is 1. The Morgan fingerprint density at radius 2 is 2.26 bits per heavy atom. The molecule has 0 aliphatic carbocycles. The van der Waals surface area contributed by atoms with E-state index >= 15 is 0 Å². The highest BCUT2D eigenvalue weighted by Gasteiger charge is 2.24. The Labute approximate surface area is 114 Å². The lowest BCUT2D eigenvalue weighted by atomic mass is 10.1. The van der Waals surface area contributed by atoms with E-state index in [0.717, 1.165) is 24.7 Å². The fourth-order valence-corrected chi connectivity index (χ4v) is 2.60. The summed E-state index contributed by atoms with van der Waals surface area (Å²) in [5.74, 6) is 0.388. The number of anilines is 2. The number of hydrogen-bond donors (Lipinski definition) is 1. The molecule has 19 heavy (non-hydrogen) atoms. The number of hydrogen-bond acceptors (Lipinski definition) is 4. The van der Waals surface area contributed by atoms with Crippen molar-refractivity contribution in [3.8, 4) is 0 Å². The van der Waals surface area contributed by atoms with Crippen LogP contribution < -0.4 is 10.6 Å². The van der Waals surface area contributed by atoms with Crippen LogP contribution >= 0.6 is 0 Å². The van der Waals surface area contributed by atoms with E-state index in [0.29, 0.717) is 17.9 Å². The number of carbonyl (C=O) groups is 1. The maximum absolute atomic E-state index is 11.8.